The number of allylic oxidation sites excluding steroid dienone is 1. The van der Waals surface area contributed by atoms with Crippen molar-refractivity contribution >= 4 is 0 Å². The lowest BCUT2D eigenvalue weighted by atomic mass is 9.71. The van der Waals surface area contributed by atoms with Gasteiger partial charge in [-0.1, -0.05) is 48.9 Å². The Labute approximate surface area is 110 Å². The Hall–Kier alpha value is -1.08. The summed E-state index contributed by atoms with van der Waals surface area (Å²) in [6.07, 6.45) is 8.63. The molecule has 3 rings (SSSR count). The molecule has 0 aromatic heterocycles. The first-order valence-corrected chi connectivity index (χ1v) is 7.27. The zero-order valence-corrected chi connectivity index (χ0v) is 11.4. The summed E-state index contributed by atoms with van der Waals surface area (Å²) < 4.78 is 0. The maximum absolute atomic E-state index is 3.86. The molecule has 0 aliphatic heterocycles. The van der Waals surface area contributed by atoms with Crippen molar-refractivity contribution in [1.29, 1.82) is 0 Å². The van der Waals surface area contributed by atoms with Crippen molar-refractivity contribution in [3.05, 3.63) is 47.5 Å². The average Bonchev–Trinajstić information content (AvgIpc) is 2.74. The van der Waals surface area contributed by atoms with Crippen LogP contribution in [0.5, 0.6) is 0 Å². The monoisotopic (exact) mass is 241 g/mol. The second-order valence-corrected chi connectivity index (χ2v) is 5.88. The summed E-state index contributed by atoms with van der Waals surface area (Å²) in [6.45, 7) is 4.43. The van der Waals surface area contributed by atoms with Crippen LogP contribution in [0.1, 0.15) is 43.4 Å². The lowest BCUT2D eigenvalue weighted by Crippen LogP contribution is -2.49. The number of benzene rings is 1. The van der Waals surface area contributed by atoms with Crippen molar-refractivity contribution in [2.45, 2.75) is 45.2 Å². The van der Waals surface area contributed by atoms with Gasteiger partial charge in [0.1, 0.15) is 0 Å². The summed E-state index contributed by atoms with van der Waals surface area (Å²) in [5, 5.41) is 3.86. The largest absolute Gasteiger partial charge is 0.307 e. The van der Waals surface area contributed by atoms with Gasteiger partial charge >= 0.3 is 0 Å². The molecule has 0 saturated heterocycles. The van der Waals surface area contributed by atoms with E-state index in [9.17, 15) is 0 Å². The van der Waals surface area contributed by atoms with Crippen molar-refractivity contribution in [3.8, 4) is 0 Å². The third kappa shape index (κ3) is 2.12. The van der Waals surface area contributed by atoms with Crippen LogP contribution in [0.3, 0.4) is 0 Å². The SMILES string of the molecule is CCC(NC1CC2CC=CC21)c1ccc(C)cc1. The maximum Gasteiger partial charge on any atom is 0.0320 e. The molecule has 0 spiro atoms. The molecule has 0 heterocycles. The van der Waals surface area contributed by atoms with Gasteiger partial charge in [0.25, 0.3) is 0 Å². The Bertz CT molecular complexity index is 431. The van der Waals surface area contributed by atoms with Crippen molar-refractivity contribution < 1.29 is 0 Å². The van der Waals surface area contributed by atoms with Gasteiger partial charge in [-0.15, -0.1) is 0 Å². The van der Waals surface area contributed by atoms with E-state index in [2.05, 4.69) is 55.6 Å². The minimum absolute atomic E-state index is 0.519. The molecule has 0 amide bonds. The van der Waals surface area contributed by atoms with E-state index in [0.717, 1.165) is 11.8 Å². The van der Waals surface area contributed by atoms with E-state index in [1.807, 2.05) is 0 Å². The van der Waals surface area contributed by atoms with E-state index in [4.69, 9.17) is 0 Å². The normalized spacial score (nSPS) is 30.9. The predicted molar refractivity (Wildman–Crippen MR) is 76.5 cm³/mol. The number of rotatable bonds is 4. The number of hydrogen-bond donors (Lipinski definition) is 1. The van der Waals surface area contributed by atoms with Crippen molar-refractivity contribution in [1.82, 2.24) is 5.32 Å². The Morgan fingerprint density at radius 2 is 2.06 bits per heavy atom. The van der Waals surface area contributed by atoms with E-state index in [0.29, 0.717) is 12.1 Å². The maximum atomic E-state index is 3.86. The highest BCUT2D eigenvalue weighted by Gasteiger charge is 2.41. The van der Waals surface area contributed by atoms with Crippen LogP contribution in [0.25, 0.3) is 0 Å². The van der Waals surface area contributed by atoms with Gasteiger partial charge in [-0.3, -0.25) is 0 Å². The third-order valence-corrected chi connectivity index (χ3v) is 4.67. The molecule has 1 nitrogen and oxygen atoms in total. The molecule has 18 heavy (non-hydrogen) atoms. The number of aryl methyl sites for hydroxylation is 1. The molecule has 4 unspecified atom stereocenters. The molecular weight excluding hydrogens is 218 g/mol. The zero-order valence-electron chi connectivity index (χ0n) is 11.4. The van der Waals surface area contributed by atoms with Crippen LogP contribution >= 0.6 is 0 Å². The Morgan fingerprint density at radius 3 is 2.72 bits per heavy atom. The van der Waals surface area contributed by atoms with Crippen LogP contribution in [0.15, 0.2) is 36.4 Å². The second kappa shape index (κ2) is 4.89. The third-order valence-electron chi connectivity index (χ3n) is 4.67. The molecule has 0 radical (unpaired) electrons. The van der Waals surface area contributed by atoms with Gasteiger partial charge in [0, 0.05) is 12.1 Å². The van der Waals surface area contributed by atoms with Gasteiger partial charge in [0.15, 0.2) is 0 Å². The minimum atomic E-state index is 0.519. The molecule has 1 heteroatoms. The van der Waals surface area contributed by atoms with Crippen LogP contribution in [0, 0.1) is 18.8 Å². The summed E-state index contributed by atoms with van der Waals surface area (Å²) in [6, 6.07) is 10.2. The lowest BCUT2D eigenvalue weighted by Gasteiger charge is -2.42. The van der Waals surface area contributed by atoms with Crippen molar-refractivity contribution in [2.75, 3.05) is 0 Å². The van der Waals surface area contributed by atoms with Crippen LogP contribution in [-0.4, -0.2) is 6.04 Å². The number of nitrogens with one attached hydrogen (secondary N) is 1. The fraction of sp³-hybridized carbons (Fsp3) is 0.529. The Balaban J connectivity index is 1.66. The smallest absolute Gasteiger partial charge is 0.0320 e. The molecular formula is C17H23N. The van der Waals surface area contributed by atoms with Crippen LogP contribution in [0.4, 0.5) is 0 Å². The summed E-state index contributed by atoms with van der Waals surface area (Å²) in [4.78, 5) is 0. The topological polar surface area (TPSA) is 12.0 Å². The van der Waals surface area contributed by atoms with Gasteiger partial charge in [-0.05, 0) is 43.6 Å². The van der Waals surface area contributed by atoms with Crippen molar-refractivity contribution in [2.24, 2.45) is 11.8 Å². The zero-order chi connectivity index (χ0) is 12.5. The molecule has 1 fully saturated rings. The first-order valence-electron chi connectivity index (χ1n) is 7.27. The van der Waals surface area contributed by atoms with Gasteiger partial charge in [-0.25, -0.2) is 0 Å². The van der Waals surface area contributed by atoms with Crippen LogP contribution in [0.2, 0.25) is 0 Å². The van der Waals surface area contributed by atoms with E-state index in [1.54, 1.807) is 0 Å². The van der Waals surface area contributed by atoms with E-state index in [-0.39, 0.29) is 0 Å². The number of fused-ring (bicyclic) bond motifs is 1. The van der Waals surface area contributed by atoms with Gasteiger partial charge in [-0.2, -0.15) is 0 Å². The average molecular weight is 241 g/mol. The van der Waals surface area contributed by atoms with Gasteiger partial charge in [0.2, 0.25) is 0 Å². The highest BCUT2D eigenvalue weighted by atomic mass is 15.0. The van der Waals surface area contributed by atoms with Gasteiger partial charge < -0.3 is 5.32 Å². The first kappa shape index (κ1) is 12.0. The highest BCUT2D eigenvalue weighted by molar-refractivity contribution is 5.25. The Kier molecular flexibility index (Phi) is 3.25. The number of hydrogen-bond acceptors (Lipinski definition) is 1. The molecule has 1 saturated carbocycles. The molecule has 2 aliphatic rings. The molecule has 4 atom stereocenters. The first-order chi connectivity index (χ1) is 8.78. The molecule has 96 valence electrons. The molecule has 1 aromatic rings. The van der Waals surface area contributed by atoms with E-state index < -0.39 is 0 Å². The fourth-order valence-electron chi connectivity index (χ4n) is 3.41. The van der Waals surface area contributed by atoms with Gasteiger partial charge in [0.05, 0.1) is 0 Å². The van der Waals surface area contributed by atoms with Crippen LogP contribution in [-0.2, 0) is 0 Å². The summed E-state index contributed by atoms with van der Waals surface area (Å²) >= 11 is 0. The molecule has 1 N–H and O–H groups in total. The lowest BCUT2D eigenvalue weighted by molar-refractivity contribution is 0.149. The molecule has 1 aromatic carbocycles. The van der Waals surface area contributed by atoms with Crippen LogP contribution < -0.4 is 5.32 Å². The summed E-state index contributed by atoms with van der Waals surface area (Å²) in [5.41, 5.74) is 2.78. The highest BCUT2D eigenvalue weighted by Crippen LogP contribution is 2.43. The molecule has 0 bridgehead atoms. The van der Waals surface area contributed by atoms with Crippen molar-refractivity contribution in [3.63, 3.8) is 0 Å². The predicted octanol–water partition coefficient (Wildman–Crippen LogP) is 4.00. The summed E-state index contributed by atoms with van der Waals surface area (Å²) in [5.74, 6) is 1.75. The summed E-state index contributed by atoms with van der Waals surface area (Å²) in [7, 11) is 0. The quantitative estimate of drug-likeness (QED) is 0.786. The fourth-order valence-corrected chi connectivity index (χ4v) is 3.41. The molecule has 2 aliphatic carbocycles. The van der Waals surface area contributed by atoms with E-state index >= 15 is 0 Å². The van der Waals surface area contributed by atoms with E-state index in [1.165, 1.54) is 30.4 Å². The minimum Gasteiger partial charge on any atom is -0.307 e. The standard InChI is InChI=1S/C17H23N/c1-3-16(13-9-7-12(2)8-10-13)18-17-11-14-5-4-6-15(14)17/h4,6-10,14-18H,3,5,11H2,1-2H3. The second-order valence-electron chi connectivity index (χ2n) is 5.88. The Morgan fingerprint density at radius 1 is 1.28 bits per heavy atom.